The molecule has 16 heavy (non-hydrogen) atoms. The van der Waals surface area contributed by atoms with Crippen LogP contribution in [0.3, 0.4) is 0 Å². The first kappa shape index (κ1) is 11.4. The molecule has 2 aromatic rings. The van der Waals surface area contributed by atoms with Gasteiger partial charge < -0.3 is 0 Å². The van der Waals surface area contributed by atoms with E-state index in [-0.39, 0.29) is 0 Å². The molecule has 1 heterocycles. The van der Waals surface area contributed by atoms with Gasteiger partial charge in [0.25, 0.3) is 0 Å². The van der Waals surface area contributed by atoms with Gasteiger partial charge in [0.2, 0.25) is 0 Å². The number of hydrogen-bond acceptors (Lipinski definition) is 1. The van der Waals surface area contributed by atoms with Crippen molar-refractivity contribution in [1.82, 2.24) is 0 Å². The highest BCUT2D eigenvalue weighted by atomic mass is 32.1. The summed E-state index contributed by atoms with van der Waals surface area (Å²) in [6.45, 7) is 6.51. The third-order valence-corrected chi connectivity index (χ3v) is 4.05. The van der Waals surface area contributed by atoms with Crippen LogP contribution in [0.25, 0.3) is 22.2 Å². The SMILES string of the molecule is C/C=c1/sc2cc(C)ccc2/c1=C/CCC. The Morgan fingerprint density at radius 1 is 1.31 bits per heavy atom. The number of benzene rings is 1. The summed E-state index contributed by atoms with van der Waals surface area (Å²) in [4.78, 5) is 0. The quantitative estimate of drug-likeness (QED) is 0.739. The van der Waals surface area contributed by atoms with Crippen molar-refractivity contribution in [3.05, 3.63) is 33.5 Å². The van der Waals surface area contributed by atoms with Gasteiger partial charge >= 0.3 is 0 Å². The molecular weight excluding hydrogens is 212 g/mol. The standard InChI is InChI=1S/C15H18S/c1-4-6-7-12-13-9-8-11(3)10-15(13)16-14(12)5-2/h5,7-10H,4,6H2,1-3H3/b12-7-,14-5+. The highest BCUT2D eigenvalue weighted by molar-refractivity contribution is 7.17. The van der Waals surface area contributed by atoms with Crippen molar-refractivity contribution in [2.75, 3.05) is 0 Å². The average Bonchev–Trinajstić information content (AvgIpc) is 2.63. The molecule has 2 rings (SSSR count). The molecule has 0 aliphatic heterocycles. The number of thiophene rings is 1. The molecule has 0 amide bonds. The van der Waals surface area contributed by atoms with Gasteiger partial charge in [-0.2, -0.15) is 0 Å². The highest BCUT2D eigenvalue weighted by Gasteiger charge is 2.00. The van der Waals surface area contributed by atoms with Crippen molar-refractivity contribution >= 4 is 33.6 Å². The minimum atomic E-state index is 1.17. The predicted octanol–water partition coefficient (Wildman–Crippen LogP) is 3.59. The van der Waals surface area contributed by atoms with Gasteiger partial charge in [0, 0.05) is 9.23 Å². The van der Waals surface area contributed by atoms with Crippen LogP contribution in [0.4, 0.5) is 0 Å². The topological polar surface area (TPSA) is 0 Å². The predicted molar refractivity (Wildman–Crippen MR) is 75.3 cm³/mol. The first-order chi connectivity index (χ1) is 7.76. The molecule has 0 unspecified atom stereocenters. The Hall–Kier alpha value is -1.08. The van der Waals surface area contributed by atoms with E-state index < -0.39 is 0 Å². The summed E-state index contributed by atoms with van der Waals surface area (Å²) in [5.74, 6) is 0. The van der Waals surface area contributed by atoms with Gasteiger partial charge in [-0.3, -0.25) is 0 Å². The maximum Gasteiger partial charge on any atom is 0.0357 e. The third kappa shape index (κ3) is 2.05. The summed E-state index contributed by atoms with van der Waals surface area (Å²) < 4.78 is 2.82. The minimum Gasteiger partial charge on any atom is -0.136 e. The van der Waals surface area contributed by atoms with Crippen LogP contribution in [0.15, 0.2) is 18.2 Å². The minimum absolute atomic E-state index is 1.17. The Balaban J connectivity index is 2.79. The van der Waals surface area contributed by atoms with E-state index in [1.807, 2.05) is 11.3 Å². The second-order valence-electron chi connectivity index (χ2n) is 4.16. The fourth-order valence-corrected chi connectivity index (χ4v) is 3.15. The monoisotopic (exact) mass is 230 g/mol. The van der Waals surface area contributed by atoms with Crippen molar-refractivity contribution in [3.63, 3.8) is 0 Å². The average molecular weight is 230 g/mol. The Kier molecular flexibility index (Phi) is 3.45. The summed E-state index contributed by atoms with van der Waals surface area (Å²) in [6, 6.07) is 6.75. The molecule has 84 valence electrons. The van der Waals surface area contributed by atoms with Crippen LogP contribution in [0.2, 0.25) is 0 Å². The molecule has 0 spiro atoms. The Labute approximate surface area is 101 Å². The van der Waals surface area contributed by atoms with Gasteiger partial charge in [0.15, 0.2) is 0 Å². The van der Waals surface area contributed by atoms with Crippen LogP contribution >= 0.6 is 11.3 Å². The lowest BCUT2D eigenvalue weighted by Gasteiger charge is -1.92. The van der Waals surface area contributed by atoms with Gasteiger partial charge in [-0.25, -0.2) is 0 Å². The molecule has 0 aliphatic carbocycles. The van der Waals surface area contributed by atoms with Crippen molar-refractivity contribution in [3.8, 4) is 0 Å². The fourth-order valence-electron chi connectivity index (χ4n) is 1.96. The van der Waals surface area contributed by atoms with Crippen LogP contribution < -0.4 is 9.75 Å². The van der Waals surface area contributed by atoms with Crippen molar-refractivity contribution in [2.45, 2.75) is 33.6 Å². The van der Waals surface area contributed by atoms with Crippen LogP contribution in [0, 0.1) is 6.92 Å². The van der Waals surface area contributed by atoms with Gasteiger partial charge in [-0.05, 0) is 42.5 Å². The molecule has 0 saturated carbocycles. The number of rotatable bonds is 2. The first-order valence-electron chi connectivity index (χ1n) is 5.92. The number of hydrogen-bond donors (Lipinski definition) is 0. The maximum absolute atomic E-state index is 2.38. The second kappa shape index (κ2) is 4.84. The highest BCUT2D eigenvalue weighted by Crippen LogP contribution is 2.15. The molecule has 1 heteroatoms. The molecule has 0 nitrogen and oxygen atoms in total. The van der Waals surface area contributed by atoms with E-state index in [0.717, 1.165) is 0 Å². The summed E-state index contributed by atoms with van der Waals surface area (Å²) in [5.41, 5.74) is 1.35. The number of aryl methyl sites for hydroxylation is 1. The third-order valence-electron chi connectivity index (χ3n) is 2.81. The molecule has 0 saturated heterocycles. The van der Waals surface area contributed by atoms with E-state index >= 15 is 0 Å². The zero-order chi connectivity index (χ0) is 11.5. The normalized spacial score (nSPS) is 13.9. The van der Waals surface area contributed by atoms with Crippen LogP contribution in [0.5, 0.6) is 0 Å². The van der Waals surface area contributed by atoms with Gasteiger partial charge in [0.1, 0.15) is 0 Å². The summed E-state index contributed by atoms with van der Waals surface area (Å²) in [6.07, 6.45) is 6.98. The maximum atomic E-state index is 2.38. The molecule has 1 aromatic carbocycles. The largest absolute Gasteiger partial charge is 0.136 e. The first-order valence-corrected chi connectivity index (χ1v) is 6.73. The summed E-state index contributed by atoms with van der Waals surface area (Å²) in [5, 5.41) is 2.85. The molecule has 0 N–H and O–H groups in total. The van der Waals surface area contributed by atoms with Crippen LogP contribution in [-0.2, 0) is 0 Å². The smallest absolute Gasteiger partial charge is 0.0357 e. The lowest BCUT2D eigenvalue weighted by molar-refractivity contribution is 0.992. The number of unbranched alkanes of at least 4 members (excludes halogenated alkanes) is 1. The van der Waals surface area contributed by atoms with Crippen molar-refractivity contribution < 1.29 is 0 Å². The second-order valence-corrected chi connectivity index (χ2v) is 5.24. The van der Waals surface area contributed by atoms with E-state index in [1.54, 1.807) is 0 Å². The van der Waals surface area contributed by atoms with E-state index in [1.165, 1.54) is 38.2 Å². The molecule has 0 atom stereocenters. The fraction of sp³-hybridized carbons (Fsp3) is 0.333. The van der Waals surface area contributed by atoms with Gasteiger partial charge in [0.05, 0.1) is 0 Å². The molecule has 0 bridgehead atoms. The Morgan fingerprint density at radius 2 is 2.12 bits per heavy atom. The molecular formula is C15H18S. The summed E-state index contributed by atoms with van der Waals surface area (Å²) in [7, 11) is 0. The Morgan fingerprint density at radius 3 is 2.81 bits per heavy atom. The van der Waals surface area contributed by atoms with Gasteiger partial charge in [-0.1, -0.05) is 37.6 Å². The van der Waals surface area contributed by atoms with Crippen LogP contribution in [0.1, 0.15) is 32.3 Å². The van der Waals surface area contributed by atoms with E-state index in [0.29, 0.717) is 0 Å². The van der Waals surface area contributed by atoms with E-state index in [4.69, 9.17) is 0 Å². The zero-order valence-electron chi connectivity index (χ0n) is 10.2. The number of fused-ring (bicyclic) bond motifs is 1. The summed E-state index contributed by atoms with van der Waals surface area (Å²) >= 11 is 1.90. The van der Waals surface area contributed by atoms with Crippen molar-refractivity contribution in [2.24, 2.45) is 0 Å². The molecule has 0 radical (unpaired) electrons. The molecule has 0 fully saturated rings. The zero-order valence-corrected chi connectivity index (χ0v) is 11.0. The van der Waals surface area contributed by atoms with E-state index in [2.05, 4.69) is 51.1 Å². The molecule has 1 aromatic heterocycles. The van der Waals surface area contributed by atoms with Gasteiger partial charge in [-0.15, -0.1) is 11.3 Å². The lowest BCUT2D eigenvalue weighted by Crippen LogP contribution is -2.17. The van der Waals surface area contributed by atoms with Crippen LogP contribution in [-0.4, -0.2) is 0 Å². The molecule has 0 aliphatic rings. The lowest BCUT2D eigenvalue weighted by atomic mass is 10.1. The Bertz CT molecular complexity index is 602. The van der Waals surface area contributed by atoms with Crippen molar-refractivity contribution in [1.29, 1.82) is 0 Å². The van der Waals surface area contributed by atoms with E-state index in [9.17, 15) is 0 Å².